The summed E-state index contributed by atoms with van der Waals surface area (Å²) < 4.78 is 5.58. The van der Waals surface area contributed by atoms with Crippen LogP contribution in [0.5, 0.6) is 11.5 Å². The lowest BCUT2D eigenvalue weighted by atomic mass is 9.93. The van der Waals surface area contributed by atoms with Crippen LogP contribution >= 0.6 is 0 Å². The van der Waals surface area contributed by atoms with Crippen molar-refractivity contribution >= 4 is 5.71 Å². The van der Waals surface area contributed by atoms with Gasteiger partial charge in [-0.15, -0.1) is 0 Å². The van der Waals surface area contributed by atoms with Crippen LogP contribution < -0.4 is 10.1 Å². The van der Waals surface area contributed by atoms with Crippen molar-refractivity contribution in [3.05, 3.63) is 95.1 Å². The first-order valence-corrected chi connectivity index (χ1v) is 10.0. The molecule has 3 aromatic rings. The van der Waals surface area contributed by atoms with Gasteiger partial charge in [0.1, 0.15) is 17.7 Å². The van der Waals surface area contributed by atoms with E-state index >= 15 is 0 Å². The molecule has 0 saturated carbocycles. The Labute approximate surface area is 171 Å². The highest BCUT2D eigenvalue weighted by molar-refractivity contribution is 6.01. The molecule has 0 radical (unpaired) electrons. The molecule has 0 aromatic heterocycles. The summed E-state index contributed by atoms with van der Waals surface area (Å²) >= 11 is 0. The van der Waals surface area contributed by atoms with E-state index in [0.29, 0.717) is 12.2 Å². The summed E-state index contributed by atoms with van der Waals surface area (Å²) in [6, 6.07) is 24.0. The van der Waals surface area contributed by atoms with Gasteiger partial charge in [-0.1, -0.05) is 67.6 Å². The maximum absolute atomic E-state index is 10.4. The standard InChI is InChI=1S/C25H26N2O2/c1-3-17-12-14-18(15-13-17)21-16-22(19-8-4-6-10-23(19)28)27-25(26-21)20-9-5-7-11-24(20)29-2/h4-15,22,25,27-28H,3,16H2,1-2H3. The molecule has 1 heterocycles. The minimum atomic E-state index is -0.259. The summed E-state index contributed by atoms with van der Waals surface area (Å²) in [7, 11) is 1.68. The highest BCUT2D eigenvalue weighted by Gasteiger charge is 2.28. The van der Waals surface area contributed by atoms with Gasteiger partial charge >= 0.3 is 0 Å². The third kappa shape index (κ3) is 4.03. The fourth-order valence-corrected chi connectivity index (χ4v) is 3.85. The smallest absolute Gasteiger partial charge is 0.129 e. The van der Waals surface area contributed by atoms with Crippen molar-refractivity contribution in [2.24, 2.45) is 4.99 Å². The largest absolute Gasteiger partial charge is 0.508 e. The van der Waals surface area contributed by atoms with Crippen molar-refractivity contribution in [3.63, 3.8) is 0 Å². The molecule has 0 saturated heterocycles. The summed E-state index contributed by atoms with van der Waals surface area (Å²) in [4.78, 5) is 5.04. The number of methoxy groups -OCH3 is 1. The van der Waals surface area contributed by atoms with E-state index in [1.54, 1.807) is 13.2 Å². The van der Waals surface area contributed by atoms with Crippen LogP contribution in [0.25, 0.3) is 0 Å². The second-order valence-corrected chi connectivity index (χ2v) is 7.25. The Bertz CT molecular complexity index is 1010. The number of aliphatic imine (C=N–C) groups is 1. The lowest BCUT2D eigenvalue weighted by molar-refractivity contribution is 0.381. The summed E-state index contributed by atoms with van der Waals surface area (Å²) in [5.74, 6) is 1.10. The Kier molecular flexibility index (Phi) is 5.63. The quantitative estimate of drug-likeness (QED) is 0.635. The van der Waals surface area contributed by atoms with Gasteiger partial charge in [0, 0.05) is 29.3 Å². The predicted octanol–water partition coefficient (Wildman–Crippen LogP) is 5.19. The van der Waals surface area contributed by atoms with Crippen molar-refractivity contribution in [1.82, 2.24) is 5.32 Å². The molecule has 1 aliphatic heterocycles. The van der Waals surface area contributed by atoms with E-state index in [-0.39, 0.29) is 12.2 Å². The fraction of sp³-hybridized carbons (Fsp3) is 0.240. The highest BCUT2D eigenvalue weighted by atomic mass is 16.5. The molecule has 3 aromatic carbocycles. The lowest BCUT2D eigenvalue weighted by Gasteiger charge is -2.31. The molecule has 148 valence electrons. The number of nitrogens with one attached hydrogen (secondary N) is 1. The van der Waals surface area contributed by atoms with Crippen LogP contribution in [0.3, 0.4) is 0 Å². The molecule has 2 unspecified atom stereocenters. The zero-order chi connectivity index (χ0) is 20.2. The number of nitrogens with zero attached hydrogens (tertiary/aromatic N) is 1. The van der Waals surface area contributed by atoms with E-state index in [9.17, 15) is 5.11 Å². The minimum absolute atomic E-state index is 0.0514. The second kappa shape index (κ2) is 8.50. The monoisotopic (exact) mass is 386 g/mol. The second-order valence-electron chi connectivity index (χ2n) is 7.25. The van der Waals surface area contributed by atoms with Gasteiger partial charge in [0.2, 0.25) is 0 Å². The highest BCUT2D eigenvalue weighted by Crippen LogP contribution is 2.36. The lowest BCUT2D eigenvalue weighted by Crippen LogP contribution is -2.33. The molecule has 4 rings (SSSR count). The van der Waals surface area contributed by atoms with Crippen LogP contribution in [-0.2, 0) is 6.42 Å². The normalized spacial score (nSPS) is 18.9. The van der Waals surface area contributed by atoms with E-state index in [4.69, 9.17) is 9.73 Å². The Morgan fingerprint density at radius 1 is 0.966 bits per heavy atom. The molecule has 2 N–H and O–H groups in total. The zero-order valence-corrected chi connectivity index (χ0v) is 16.8. The number of phenolic OH excluding ortho intramolecular Hbond substituents is 1. The Balaban J connectivity index is 1.77. The van der Waals surface area contributed by atoms with Crippen LogP contribution in [0.15, 0.2) is 77.8 Å². The average molecular weight is 386 g/mol. The number of ether oxygens (including phenoxy) is 1. The number of aromatic hydroxyl groups is 1. The van der Waals surface area contributed by atoms with Crippen LogP contribution in [0.2, 0.25) is 0 Å². The molecule has 4 heteroatoms. The number of aryl methyl sites for hydroxylation is 1. The number of rotatable bonds is 5. The minimum Gasteiger partial charge on any atom is -0.508 e. The van der Waals surface area contributed by atoms with E-state index in [2.05, 4.69) is 36.5 Å². The number of hydrogen-bond donors (Lipinski definition) is 2. The maximum atomic E-state index is 10.4. The van der Waals surface area contributed by atoms with Gasteiger partial charge in [-0.3, -0.25) is 10.3 Å². The van der Waals surface area contributed by atoms with Crippen LogP contribution in [0, 0.1) is 0 Å². The van der Waals surface area contributed by atoms with Crippen molar-refractivity contribution in [3.8, 4) is 11.5 Å². The van der Waals surface area contributed by atoms with Crippen LogP contribution in [-0.4, -0.2) is 17.9 Å². The first-order valence-electron chi connectivity index (χ1n) is 10.0. The van der Waals surface area contributed by atoms with Crippen LogP contribution in [0.4, 0.5) is 0 Å². The van der Waals surface area contributed by atoms with Crippen molar-refractivity contribution in [1.29, 1.82) is 0 Å². The molecule has 29 heavy (non-hydrogen) atoms. The SMILES string of the molecule is CCc1ccc(C2=NC(c3ccccc3OC)NC(c3ccccc3O)C2)cc1. The first kappa shape index (κ1) is 19.2. The van der Waals surface area contributed by atoms with Crippen molar-refractivity contribution < 1.29 is 9.84 Å². The maximum Gasteiger partial charge on any atom is 0.129 e. The van der Waals surface area contributed by atoms with Gasteiger partial charge in [0.05, 0.1) is 7.11 Å². The van der Waals surface area contributed by atoms with Gasteiger partial charge in [0.15, 0.2) is 0 Å². The first-order chi connectivity index (χ1) is 14.2. The van der Waals surface area contributed by atoms with E-state index in [1.165, 1.54) is 5.56 Å². The van der Waals surface area contributed by atoms with Crippen molar-refractivity contribution in [2.45, 2.75) is 32.0 Å². The Hall–Kier alpha value is -3.11. The van der Waals surface area contributed by atoms with Gasteiger partial charge in [-0.25, -0.2) is 0 Å². The zero-order valence-electron chi connectivity index (χ0n) is 16.8. The predicted molar refractivity (Wildman–Crippen MR) is 117 cm³/mol. The molecular weight excluding hydrogens is 360 g/mol. The van der Waals surface area contributed by atoms with Gasteiger partial charge < -0.3 is 9.84 Å². The molecular formula is C25H26N2O2. The number of benzene rings is 3. The van der Waals surface area contributed by atoms with Gasteiger partial charge in [-0.05, 0) is 29.7 Å². The van der Waals surface area contributed by atoms with Crippen LogP contribution in [0.1, 0.15) is 47.8 Å². The van der Waals surface area contributed by atoms with E-state index < -0.39 is 0 Å². The molecule has 0 aliphatic carbocycles. The molecule has 0 fully saturated rings. The molecule has 4 nitrogen and oxygen atoms in total. The summed E-state index contributed by atoms with van der Waals surface area (Å²) in [5.41, 5.74) is 5.31. The van der Waals surface area contributed by atoms with Gasteiger partial charge in [-0.2, -0.15) is 0 Å². The van der Waals surface area contributed by atoms with E-state index in [1.807, 2.05) is 42.5 Å². The number of phenols is 1. The number of para-hydroxylation sites is 2. The average Bonchev–Trinajstić information content (AvgIpc) is 2.79. The third-order valence-corrected chi connectivity index (χ3v) is 5.48. The Morgan fingerprint density at radius 3 is 2.34 bits per heavy atom. The van der Waals surface area contributed by atoms with Crippen molar-refractivity contribution in [2.75, 3.05) is 7.11 Å². The summed E-state index contributed by atoms with van der Waals surface area (Å²) in [5, 5.41) is 14.0. The topological polar surface area (TPSA) is 53.8 Å². The molecule has 0 amide bonds. The molecule has 2 atom stereocenters. The molecule has 0 bridgehead atoms. The Morgan fingerprint density at radius 2 is 1.66 bits per heavy atom. The third-order valence-electron chi connectivity index (χ3n) is 5.48. The van der Waals surface area contributed by atoms with Gasteiger partial charge in [0.25, 0.3) is 0 Å². The van der Waals surface area contributed by atoms with E-state index in [0.717, 1.165) is 34.6 Å². The molecule has 1 aliphatic rings. The summed E-state index contributed by atoms with van der Waals surface area (Å²) in [6.07, 6.45) is 1.46. The molecule has 0 spiro atoms. The fourth-order valence-electron chi connectivity index (χ4n) is 3.85. The summed E-state index contributed by atoms with van der Waals surface area (Å²) in [6.45, 7) is 2.16. The number of hydrogen-bond acceptors (Lipinski definition) is 4.